The largest absolute Gasteiger partial charge is 0.338 e. The van der Waals surface area contributed by atoms with Gasteiger partial charge in [-0.3, -0.25) is 4.79 Å². The summed E-state index contributed by atoms with van der Waals surface area (Å²) in [5, 5.41) is -0.138. The molecule has 0 aromatic heterocycles. The summed E-state index contributed by atoms with van der Waals surface area (Å²) in [6.45, 7) is 1.13. The van der Waals surface area contributed by atoms with Gasteiger partial charge in [0, 0.05) is 39.7 Å². The van der Waals surface area contributed by atoms with Crippen molar-refractivity contribution in [2.75, 3.05) is 18.8 Å². The molecule has 1 unspecified atom stereocenters. The molecule has 2 nitrogen and oxygen atoms in total. The number of amides is 1. The molecular weight excluding hydrogens is 396 g/mol. The van der Waals surface area contributed by atoms with Crippen molar-refractivity contribution < 1.29 is 13.6 Å². The highest BCUT2D eigenvalue weighted by atomic mass is 79.9. The van der Waals surface area contributed by atoms with Crippen LogP contribution < -0.4 is 0 Å². The minimum Gasteiger partial charge on any atom is -0.338 e. The summed E-state index contributed by atoms with van der Waals surface area (Å²) >= 11 is 4.94. The number of halogens is 3. The monoisotopic (exact) mass is 411 g/mol. The Morgan fingerprint density at radius 1 is 1.17 bits per heavy atom. The summed E-state index contributed by atoms with van der Waals surface area (Å²) < 4.78 is 28.3. The fourth-order valence-electron chi connectivity index (χ4n) is 2.79. The van der Waals surface area contributed by atoms with Gasteiger partial charge in [-0.1, -0.05) is 22.0 Å². The Bertz CT molecular complexity index is 756. The number of hydrogen-bond acceptors (Lipinski definition) is 2. The van der Waals surface area contributed by atoms with Crippen LogP contribution in [0.3, 0.4) is 0 Å². The Hall–Kier alpha value is -1.40. The van der Waals surface area contributed by atoms with Crippen LogP contribution in [0.15, 0.2) is 46.9 Å². The molecule has 0 aliphatic carbocycles. The molecule has 3 rings (SSSR count). The van der Waals surface area contributed by atoms with Crippen LogP contribution in [0.2, 0.25) is 0 Å². The fourth-order valence-corrected chi connectivity index (χ4v) is 4.43. The van der Waals surface area contributed by atoms with Crippen molar-refractivity contribution in [2.45, 2.75) is 11.7 Å². The Balaban J connectivity index is 1.73. The van der Waals surface area contributed by atoms with Crippen LogP contribution >= 0.6 is 27.7 Å². The zero-order chi connectivity index (χ0) is 17.1. The van der Waals surface area contributed by atoms with E-state index in [1.165, 1.54) is 12.1 Å². The molecule has 1 heterocycles. The van der Waals surface area contributed by atoms with E-state index in [0.29, 0.717) is 36.4 Å². The van der Waals surface area contributed by atoms with Crippen LogP contribution in [-0.2, 0) is 0 Å². The molecule has 24 heavy (non-hydrogen) atoms. The molecule has 2 aromatic rings. The molecule has 1 amide bonds. The zero-order valence-electron chi connectivity index (χ0n) is 12.8. The average molecular weight is 412 g/mol. The predicted molar refractivity (Wildman–Crippen MR) is 96.2 cm³/mol. The number of nitrogens with zero attached hydrogens (tertiary/aromatic N) is 1. The lowest BCUT2D eigenvalue weighted by Crippen LogP contribution is -2.32. The van der Waals surface area contributed by atoms with Gasteiger partial charge in [-0.15, -0.1) is 0 Å². The number of carbonyl (C=O) groups is 1. The van der Waals surface area contributed by atoms with E-state index < -0.39 is 5.82 Å². The minimum atomic E-state index is -0.432. The first-order valence-corrected chi connectivity index (χ1v) is 9.50. The average Bonchev–Trinajstić information content (AvgIpc) is 2.82. The molecular formula is C18H16BrF2NOS. The van der Waals surface area contributed by atoms with Crippen molar-refractivity contribution in [2.24, 2.45) is 0 Å². The smallest absolute Gasteiger partial charge is 0.253 e. The van der Waals surface area contributed by atoms with Crippen molar-refractivity contribution >= 4 is 33.6 Å². The third-order valence-electron chi connectivity index (χ3n) is 4.01. The van der Waals surface area contributed by atoms with E-state index in [0.717, 1.165) is 10.5 Å². The Morgan fingerprint density at radius 3 is 2.79 bits per heavy atom. The van der Waals surface area contributed by atoms with Crippen molar-refractivity contribution in [3.05, 3.63) is 69.7 Å². The maximum Gasteiger partial charge on any atom is 0.253 e. The molecule has 1 saturated heterocycles. The maximum atomic E-state index is 14.0. The van der Waals surface area contributed by atoms with E-state index in [2.05, 4.69) is 15.9 Å². The Labute approximate surface area is 152 Å². The topological polar surface area (TPSA) is 20.3 Å². The van der Waals surface area contributed by atoms with Crippen molar-refractivity contribution in [1.29, 1.82) is 0 Å². The molecule has 126 valence electrons. The Kier molecular flexibility index (Phi) is 5.56. The van der Waals surface area contributed by atoms with E-state index in [9.17, 15) is 13.6 Å². The molecule has 0 saturated carbocycles. The summed E-state index contributed by atoms with van der Waals surface area (Å²) in [6, 6.07) is 10.8. The Morgan fingerprint density at radius 2 is 2.00 bits per heavy atom. The molecule has 1 aliphatic rings. The molecule has 6 heteroatoms. The third-order valence-corrected chi connectivity index (χ3v) is 5.81. The summed E-state index contributed by atoms with van der Waals surface area (Å²) in [4.78, 5) is 14.4. The van der Waals surface area contributed by atoms with Gasteiger partial charge in [-0.25, -0.2) is 8.78 Å². The second-order valence-electron chi connectivity index (χ2n) is 5.62. The summed E-state index contributed by atoms with van der Waals surface area (Å²) in [6.07, 6.45) is 0.602. The van der Waals surface area contributed by atoms with Gasteiger partial charge in [0.25, 0.3) is 5.91 Å². The first-order valence-electron chi connectivity index (χ1n) is 7.66. The van der Waals surface area contributed by atoms with E-state index >= 15 is 0 Å². The van der Waals surface area contributed by atoms with Crippen LogP contribution in [0.4, 0.5) is 8.78 Å². The highest BCUT2D eigenvalue weighted by molar-refractivity contribution is 9.10. The lowest BCUT2D eigenvalue weighted by Gasteiger charge is -2.20. The van der Waals surface area contributed by atoms with E-state index in [4.69, 9.17) is 0 Å². The summed E-state index contributed by atoms with van der Waals surface area (Å²) in [7, 11) is 0. The maximum absolute atomic E-state index is 14.0. The minimum absolute atomic E-state index is 0.0303. The van der Waals surface area contributed by atoms with Gasteiger partial charge in [0.05, 0.1) is 0 Å². The SMILES string of the molecule is O=C(c1cccc(Br)c1)N1CCSC(c2cc(F)ccc2F)CC1. The molecule has 1 aliphatic heterocycles. The lowest BCUT2D eigenvalue weighted by molar-refractivity contribution is 0.0766. The lowest BCUT2D eigenvalue weighted by atomic mass is 10.1. The van der Waals surface area contributed by atoms with Gasteiger partial charge in [0.1, 0.15) is 11.6 Å². The molecule has 0 spiro atoms. The predicted octanol–water partition coefficient (Wildman–Crippen LogP) is 5.05. The quantitative estimate of drug-likeness (QED) is 0.688. The van der Waals surface area contributed by atoms with Gasteiger partial charge < -0.3 is 4.90 Å². The van der Waals surface area contributed by atoms with Crippen LogP contribution in [0, 0.1) is 11.6 Å². The van der Waals surface area contributed by atoms with Gasteiger partial charge >= 0.3 is 0 Å². The number of rotatable bonds is 2. The number of carbonyl (C=O) groups excluding carboxylic acids is 1. The molecule has 1 atom stereocenters. The van der Waals surface area contributed by atoms with Crippen molar-refractivity contribution in [3.8, 4) is 0 Å². The summed E-state index contributed by atoms with van der Waals surface area (Å²) in [5.41, 5.74) is 1.02. The first-order chi connectivity index (χ1) is 11.5. The number of hydrogen-bond donors (Lipinski definition) is 0. The highest BCUT2D eigenvalue weighted by Gasteiger charge is 2.24. The van der Waals surface area contributed by atoms with Crippen LogP contribution in [0.25, 0.3) is 0 Å². The second-order valence-corrected chi connectivity index (χ2v) is 7.84. The standard InChI is InChI=1S/C18H16BrF2NOS/c19-13-3-1-2-12(10-13)18(23)22-7-6-17(24-9-8-22)15-11-14(20)4-5-16(15)21/h1-5,10-11,17H,6-9H2. The molecule has 1 fully saturated rings. The zero-order valence-corrected chi connectivity index (χ0v) is 15.2. The van der Waals surface area contributed by atoms with Crippen molar-refractivity contribution in [1.82, 2.24) is 4.90 Å². The third kappa shape index (κ3) is 3.98. The normalized spacial score (nSPS) is 18.3. The molecule has 2 aromatic carbocycles. The second kappa shape index (κ2) is 7.66. The van der Waals surface area contributed by atoms with Gasteiger partial charge in [0.2, 0.25) is 0 Å². The first kappa shape index (κ1) is 17.4. The molecule has 0 radical (unpaired) electrons. The van der Waals surface area contributed by atoms with E-state index in [-0.39, 0.29) is 17.0 Å². The van der Waals surface area contributed by atoms with Crippen LogP contribution in [-0.4, -0.2) is 29.6 Å². The van der Waals surface area contributed by atoms with E-state index in [1.54, 1.807) is 28.8 Å². The van der Waals surface area contributed by atoms with Crippen molar-refractivity contribution in [3.63, 3.8) is 0 Å². The highest BCUT2D eigenvalue weighted by Crippen LogP contribution is 2.36. The van der Waals surface area contributed by atoms with Gasteiger partial charge in [-0.05, 0) is 42.8 Å². The van der Waals surface area contributed by atoms with Crippen LogP contribution in [0.1, 0.15) is 27.6 Å². The molecule has 0 N–H and O–H groups in total. The summed E-state index contributed by atoms with van der Waals surface area (Å²) in [5.74, 6) is -0.156. The van der Waals surface area contributed by atoms with Gasteiger partial charge in [0.15, 0.2) is 0 Å². The number of thioether (sulfide) groups is 1. The van der Waals surface area contributed by atoms with E-state index in [1.807, 2.05) is 12.1 Å². The fraction of sp³-hybridized carbons (Fsp3) is 0.278. The van der Waals surface area contributed by atoms with Crippen LogP contribution in [0.5, 0.6) is 0 Å². The number of benzene rings is 2. The van der Waals surface area contributed by atoms with Gasteiger partial charge in [-0.2, -0.15) is 11.8 Å². The molecule has 0 bridgehead atoms.